The third-order valence-electron chi connectivity index (χ3n) is 2.96. The summed E-state index contributed by atoms with van der Waals surface area (Å²) in [7, 11) is 0. The normalized spacial score (nSPS) is 16.6. The highest BCUT2D eigenvalue weighted by molar-refractivity contribution is 5.79. The summed E-state index contributed by atoms with van der Waals surface area (Å²) in [6.07, 6.45) is 0. The smallest absolute Gasteiger partial charge is 0.0708 e. The minimum atomic E-state index is 0.580. The van der Waals surface area contributed by atoms with Crippen LogP contribution in [0.5, 0.6) is 0 Å². The Balaban J connectivity index is 2.11. The van der Waals surface area contributed by atoms with E-state index in [4.69, 9.17) is 4.74 Å². The molecule has 0 N–H and O–H groups in total. The average molecular weight is 199 g/mol. The van der Waals surface area contributed by atoms with Gasteiger partial charge in [0, 0.05) is 17.0 Å². The van der Waals surface area contributed by atoms with Crippen molar-refractivity contribution in [3.05, 3.63) is 41.6 Å². The van der Waals surface area contributed by atoms with Crippen LogP contribution in [0.3, 0.4) is 0 Å². The molecule has 0 unspecified atom stereocenters. The number of ether oxygens (including phenoxy) is 1. The first-order chi connectivity index (χ1) is 7.33. The fourth-order valence-electron chi connectivity index (χ4n) is 1.92. The number of hydrogen-bond acceptors (Lipinski definition) is 2. The molecule has 1 aliphatic heterocycles. The third-order valence-corrected chi connectivity index (χ3v) is 2.96. The topological polar surface area (TPSA) is 22.1 Å². The Labute approximate surface area is 88.9 Å². The minimum Gasteiger partial charge on any atom is -0.380 e. The van der Waals surface area contributed by atoms with Crippen molar-refractivity contribution in [1.29, 1.82) is 0 Å². The summed E-state index contributed by atoms with van der Waals surface area (Å²) >= 11 is 0. The second-order valence-corrected chi connectivity index (χ2v) is 4.14. The van der Waals surface area contributed by atoms with Crippen LogP contribution in [0.2, 0.25) is 0 Å². The first-order valence-electron chi connectivity index (χ1n) is 5.28. The molecule has 2 nitrogen and oxygen atoms in total. The maximum absolute atomic E-state index is 5.20. The SMILES string of the molecule is Cc1ccc2ccc(C3COC3)cc2n1. The molecule has 1 aromatic carbocycles. The number of aromatic nitrogens is 1. The number of pyridine rings is 1. The van der Waals surface area contributed by atoms with E-state index in [0.29, 0.717) is 5.92 Å². The van der Waals surface area contributed by atoms with Gasteiger partial charge in [0.25, 0.3) is 0 Å². The average Bonchev–Trinajstić information content (AvgIpc) is 2.14. The molecule has 1 saturated heterocycles. The summed E-state index contributed by atoms with van der Waals surface area (Å²) < 4.78 is 5.20. The number of nitrogens with zero attached hydrogens (tertiary/aromatic N) is 1. The Morgan fingerprint density at radius 2 is 2.00 bits per heavy atom. The van der Waals surface area contributed by atoms with Crippen LogP contribution in [0.25, 0.3) is 10.9 Å². The highest BCUT2D eigenvalue weighted by Crippen LogP contribution is 2.26. The number of hydrogen-bond donors (Lipinski definition) is 0. The number of fused-ring (bicyclic) bond motifs is 1. The number of benzene rings is 1. The Kier molecular flexibility index (Phi) is 1.96. The lowest BCUT2D eigenvalue weighted by molar-refractivity contribution is 0.00847. The summed E-state index contributed by atoms with van der Waals surface area (Å²) in [4.78, 5) is 4.54. The summed E-state index contributed by atoms with van der Waals surface area (Å²) in [5, 5.41) is 1.21. The quantitative estimate of drug-likeness (QED) is 0.704. The van der Waals surface area contributed by atoms with Crippen LogP contribution in [0.4, 0.5) is 0 Å². The molecule has 0 spiro atoms. The van der Waals surface area contributed by atoms with Gasteiger partial charge in [-0.1, -0.05) is 18.2 Å². The van der Waals surface area contributed by atoms with Crippen LogP contribution < -0.4 is 0 Å². The molecule has 0 radical (unpaired) electrons. The first kappa shape index (κ1) is 8.86. The summed E-state index contributed by atoms with van der Waals surface area (Å²) in [6, 6.07) is 10.7. The summed E-state index contributed by atoms with van der Waals surface area (Å²) in [6.45, 7) is 3.74. The van der Waals surface area contributed by atoms with Crippen molar-refractivity contribution in [2.45, 2.75) is 12.8 Å². The lowest BCUT2D eigenvalue weighted by atomic mass is 9.96. The van der Waals surface area contributed by atoms with E-state index < -0.39 is 0 Å². The van der Waals surface area contributed by atoms with E-state index in [0.717, 1.165) is 24.4 Å². The van der Waals surface area contributed by atoms with Gasteiger partial charge in [0.1, 0.15) is 0 Å². The van der Waals surface area contributed by atoms with Crippen molar-refractivity contribution in [1.82, 2.24) is 4.98 Å². The van der Waals surface area contributed by atoms with E-state index in [1.54, 1.807) is 0 Å². The van der Waals surface area contributed by atoms with E-state index >= 15 is 0 Å². The third kappa shape index (κ3) is 1.51. The van der Waals surface area contributed by atoms with E-state index in [2.05, 4.69) is 35.3 Å². The maximum Gasteiger partial charge on any atom is 0.0708 e. The first-order valence-corrected chi connectivity index (χ1v) is 5.28. The van der Waals surface area contributed by atoms with Crippen LogP contribution in [0.1, 0.15) is 17.2 Å². The van der Waals surface area contributed by atoms with Gasteiger partial charge in [-0.05, 0) is 24.6 Å². The van der Waals surface area contributed by atoms with E-state index in [-0.39, 0.29) is 0 Å². The van der Waals surface area contributed by atoms with Crippen molar-refractivity contribution in [2.24, 2.45) is 0 Å². The number of rotatable bonds is 1. The standard InChI is InChI=1S/C13H13NO/c1-9-2-3-10-4-5-11(6-13(10)14-9)12-7-15-8-12/h2-6,12H,7-8H2,1H3. The molecule has 1 aliphatic rings. The van der Waals surface area contributed by atoms with Gasteiger partial charge in [-0.2, -0.15) is 0 Å². The zero-order valence-corrected chi connectivity index (χ0v) is 8.73. The van der Waals surface area contributed by atoms with Crippen molar-refractivity contribution in [3.8, 4) is 0 Å². The van der Waals surface area contributed by atoms with Gasteiger partial charge in [-0.3, -0.25) is 4.98 Å². The molecule has 15 heavy (non-hydrogen) atoms. The van der Waals surface area contributed by atoms with Crippen molar-refractivity contribution in [2.75, 3.05) is 13.2 Å². The molecule has 0 aliphatic carbocycles. The zero-order valence-electron chi connectivity index (χ0n) is 8.73. The van der Waals surface area contributed by atoms with Crippen LogP contribution in [0.15, 0.2) is 30.3 Å². The largest absolute Gasteiger partial charge is 0.380 e. The predicted octanol–water partition coefficient (Wildman–Crippen LogP) is 2.66. The second-order valence-electron chi connectivity index (χ2n) is 4.14. The van der Waals surface area contributed by atoms with Crippen molar-refractivity contribution in [3.63, 3.8) is 0 Å². The summed E-state index contributed by atoms with van der Waals surface area (Å²) in [5.41, 5.74) is 3.52. The molecular weight excluding hydrogens is 186 g/mol. The van der Waals surface area contributed by atoms with Crippen LogP contribution in [-0.4, -0.2) is 18.2 Å². The van der Waals surface area contributed by atoms with Gasteiger partial charge >= 0.3 is 0 Å². The fourth-order valence-corrected chi connectivity index (χ4v) is 1.92. The molecule has 0 bridgehead atoms. The summed E-state index contributed by atoms with van der Waals surface area (Å²) in [5.74, 6) is 0.580. The lowest BCUT2D eigenvalue weighted by Crippen LogP contribution is -2.24. The predicted molar refractivity (Wildman–Crippen MR) is 60.0 cm³/mol. The molecule has 0 amide bonds. The lowest BCUT2D eigenvalue weighted by Gasteiger charge is -2.26. The Morgan fingerprint density at radius 1 is 1.20 bits per heavy atom. The highest BCUT2D eigenvalue weighted by atomic mass is 16.5. The van der Waals surface area contributed by atoms with Gasteiger partial charge in [-0.25, -0.2) is 0 Å². The Hall–Kier alpha value is -1.41. The minimum absolute atomic E-state index is 0.580. The molecule has 76 valence electrons. The molecule has 1 fully saturated rings. The molecule has 1 aromatic heterocycles. The van der Waals surface area contributed by atoms with E-state index in [1.165, 1.54) is 10.9 Å². The van der Waals surface area contributed by atoms with E-state index in [9.17, 15) is 0 Å². The van der Waals surface area contributed by atoms with Crippen LogP contribution in [-0.2, 0) is 4.74 Å². The number of aryl methyl sites for hydroxylation is 1. The highest BCUT2D eigenvalue weighted by Gasteiger charge is 2.20. The fraction of sp³-hybridized carbons (Fsp3) is 0.308. The Bertz CT molecular complexity index is 503. The molecule has 0 atom stereocenters. The molecule has 2 heteroatoms. The maximum atomic E-state index is 5.20. The van der Waals surface area contributed by atoms with Crippen molar-refractivity contribution < 1.29 is 4.74 Å². The molecule has 2 heterocycles. The molecule has 3 rings (SSSR count). The molecular formula is C13H13NO. The monoisotopic (exact) mass is 199 g/mol. The van der Waals surface area contributed by atoms with Gasteiger partial charge in [-0.15, -0.1) is 0 Å². The van der Waals surface area contributed by atoms with Gasteiger partial charge in [0.2, 0.25) is 0 Å². The Morgan fingerprint density at radius 3 is 2.73 bits per heavy atom. The van der Waals surface area contributed by atoms with Crippen LogP contribution >= 0.6 is 0 Å². The van der Waals surface area contributed by atoms with Crippen molar-refractivity contribution >= 4 is 10.9 Å². The van der Waals surface area contributed by atoms with Crippen LogP contribution in [0, 0.1) is 6.92 Å². The van der Waals surface area contributed by atoms with E-state index in [1.807, 2.05) is 6.92 Å². The van der Waals surface area contributed by atoms with Gasteiger partial charge in [0.05, 0.1) is 18.7 Å². The second kappa shape index (κ2) is 3.31. The molecule has 0 saturated carbocycles. The zero-order chi connectivity index (χ0) is 10.3. The van der Waals surface area contributed by atoms with Gasteiger partial charge in [0.15, 0.2) is 0 Å². The molecule has 2 aromatic rings. The van der Waals surface area contributed by atoms with Gasteiger partial charge < -0.3 is 4.74 Å².